The van der Waals surface area contributed by atoms with Crippen molar-refractivity contribution in [1.29, 1.82) is 0 Å². The number of Topliss-reactive ketones (excluding diaryl/α,β-unsaturated/α-hetero) is 1. The van der Waals surface area contributed by atoms with Crippen LogP contribution in [-0.4, -0.2) is 41.5 Å². The zero-order valence-electron chi connectivity index (χ0n) is 17.2. The van der Waals surface area contributed by atoms with Gasteiger partial charge in [0.2, 0.25) is 0 Å². The summed E-state index contributed by atoms with van der Waals surface area (Å²) in [7, 11) is 0. The third-order valence-corrected chi connectivity index (χ3v) is 5.65. The Hall–Kier alpha value is -4.00. The van der Waals surface area contributed by atoms with E-state index in [1.165, 1.54) is 11.2 Å². The summed E-state index contributed by atoms with van der Waals surface area (Å²) in [6.07, 6.45) is 2.05. The molecule has 5 rings (SSSR count). The Morgan fingerprint density at radius 3 is 2.50 bits per heavy atom. The van der Waals surface area contributed by atoms with Crippen molar-refractivity contribution in [3.8, 4) is 11.5 Å². The van der Waals surface area contributed by atoms with Gasteiger partial charge in [0.15, 0.2) is 11.5 Å². The second-order valence-electron chi connectivity index (χ2n) is 7.60. The number of carbonyl (C=O) groups excluding carboxylic acids is 2. The smallest absolute Gasteiger partial charge is 0.295 e. The van der Waals surface area contributed by atoms with E-state index in [2.05, 4.69) is 0 Å². The maximum atomic E-state index is 13.0. The number of nitrogens with zero attached hydrogens (tertiary/aromatic N) is 1. The number of aliphatic hydroxyl groups excluding tert-OH is 1. The third-order valence-electron chi connectivity index (χ3n) is 5.65. The number of carbonyl (C=O) groups is 2. The highest BCUT2D eigenvalue weighted by molar-refractivity contribution is 6.46. The minimum absolute atomic E-state index is 0.00492. The van der Waals surface area contributed by atoms with E-state index in [1.54, 1.807) is 30.3 Å². The van der Waals surface area contributed by atoms with Crippen LogP contribution in [0.5, 0.6) is 11.5 Å². The van der Waals surface area contributed by atoms with E-state index in [0.29, 0.717) is 49.0 Å². The van der Waals surface area contributed by atoms with Gasteiger partial charge in [-0.15, -0.1) is 0 Å². The number of hydrogen-bond donors (Lipinski definition) is 1. The van der Waals surface area contributed by atoms with Gasteiger partial charge in [-0.1, -0.05) is 30.3 Å². The number of hydrogen-bond acceptors (Lipinski definition) is 6. The third kappa shape index (κ3) is 3.51. The minimum Gasteiger partial charge on any atom is -0.507 e. The van der Waals surface area contributed by atoms with E-state index in [9.17, 15) is 14.7 Å². The van der Waals surface area contributed by atoms with E-state index in [0.717, 1.165) is 5.56 Å². The van der Waals surface area contributed by atoms with Gasteiger partial charge in [-0.05, 0) is 42.3 Å². The summed E-state index contributed by atoms with van der Waals surface area (Å²) in [5.74, 6) is -0.222. The summed E-state index contributed by atoms with van der Waals surface area (Å²) in [6, 6.07) is 17.2. The van der Waals surface area contributed by atoms with Crippen molar-refractivity contribution in [2.24, 2.45) is 0 Å². The highest BCUT2D eigenvalue weighted by Gasteiger charge is 2.47. The molecule has 32 heavy (non-hydrogen) atoms. The molecule has 0 spiro atoms. The molecule has 1 atom stereocenters. The molecule has 0 radical (unpaired) electrons. The van der Waals surface area contributed by atoms with Crippen LogP contribution in [0.1, 0.15) is 22.9 Å². The van der Waals surface area contributed by atoms with Crippen molar-refractivity contribution in [2.75, 3.05) is 19.8 Å². The van der Waals surface area contributed by atoms with Crippen molar-refractivity contribution in [2.45, 2.75) is 12.5 Å². The van der Waals surface area contributed by atoms with Gasteiger partial charge in [-0.3, -0.25) is 9.59 Å². The van der Waals surface area contributed by atoms with Crippen LogP contribution in [-0.2, 0) is 16.0 Å². The lowest BCUT2D eigenvalue weighted by Crippen LogP contribution is -2.31. The molecule has 2 aliphatic heterocycles. The van der Waals surface area contributed by atoms with Gasteiger partial charge >= 0.3 is 0 Å². The van der Waals surface area contributed by atoms with Crippen molar-refractivity contribution in [1.82, 2.24) is 4.90 Å². The number of amides is 1. The highest BCUT2D eigenvalue weighted by atomic mass is 16.6. The van der Waals surface area contributed by atoms with Crippen LogP contribution in [0.25, 0.3) is 5.76 Å². The lowest BCUT2D eigenvalue weighted by molar-refractivity contribution is -0.140. The lowest BCUT2D eigenvalue weighted by Gasteiger charge is -2.23. The molecule has 0 saturated carbocycles. The maximum absolute atomic E-state index is 13.0. The van der Waals surface area contributed by atoms with Gasteiger partial charge in [-0.25, -0.2) is 0 Å². The summed E-state index contributed by atoms with van der Waals surface area (Å²) in [5.41, 5.74) is 1.40. The Labute approximate surface area is 184 Å². The standard InChI is InChI=1S/C25H21NO6/c27-23(17-8-9-18-20(15-17)32-14-13-31-18)21-22(19-7-4-12-30-19)26(25(29)24(21)28)11-10-16-5-2-1-3-6-16/h1-9,12,15,22,27H,10-11,13-14H2/b23-21+. The van der Waals surface area contributed by atoms with E-state index in [1.807, 2.05) is 30.3 Å². The zero-order valence-corrected chi connectivity index (χ0v) is 17.2. The number of fused-ring (bicyclic) bond motifs is 1. The Bertz CT molecular complexity index is 1180. The van der Waals surface area contributed by atoms with Crippen molar-refractivity contribution >= 4 is 17.4 Å². The van der Waals surface area contributed by atoms with Crippen LogP contribution >= 0.6 is 0 Å². The molecule has 7 nitrogen and oxygen atoms in total. The average molecular weight is 431 g/mol. The zero-order chi connectivity index (χ0) is 22.1. The molecule has 1 saturated heterocycles. The van der Waals surface area contributed by atoms with Crippen LogP contribution in [0.3, 0.4) is 0 Å². The van der Waals surface area contributed by atoms with Crippen LogP contribution in [0.15, 0.2) is 76.9 Å². The van der Waals surface area contributed by atoms with Gasteiger partial charge in [-0.2, -0.15) is 0 Å². The quantitative estimate of drug-likeness (QED) is 0.376. The number of ether oxygens (including phenoxy) is 2. The monoisotopic (exact) mass is 431 g/mol. The second kappa shape index (κ2) is 8.26. The predicted octanol–water partition coefficient (Wildman–Crippen LogP) is 3.72. The molecule has 1 unspecified atom stereocenters. The summed E-state index contributed by atoms with van der Waals surface area (Å²) in [5, 5.41) is 11.1. The number of benzene rings is 2. The molecule has 0 aliphatic carbocycles. The molecule has 3 heterocycles. The SMILES string of the molecule is O=C1C(=O)N(CCc2ccccc2)C(c2ccco2)/C1=C(\O)c1ccc2c(c1)OCCO2. The van der Waals surface area contributed by atoms with Crippen molar-refractivity contribution < 1.29 is 28.6 Å². The molecular weight excluding hydrogens is 410 g/mol. The molecule has 2 aromatic carbocycles. The first-order valence-electron chi connectivity index (χ1n) is 10.4. The molecule has 3 aromatic rings. The van der Waals surface area contributed by atoms with Crippen LogP contribution in [0.2, 0.25) is 0 Å². The summed E-state index contributed by atoms with van der Waals surface area (Å²) >= 11 is 0. The molecule has 162 valence electrons. The van der Waals surface area contributed by atoms with Crippen molar-refractivity contribution in [3.63, 3.8) is 0 Å². The second-order valence-corrected chi connectivity index (χ2v) is 7.60. The molecule has 1 amide bonds. The fourth-order valence-electron chi connectivity index (χ4n) is 4.09. The van der Waals surface area contributed by atoms with Crippen LogP contribution < -0.4 is 9.47 Å². The first-order valence-corrected chi connectivity index (χ1v) is 10.4. The molecule has 1 aromatic heterocycles. The van der Waals surface area contributed by atoms with E-state index < -0.39 is 17.7 Å². The Kier molecular flexibility index (Phi) is 5.15. The molecule has 1 N–H and O–H groups in total. The lowest BCUT2D eigenvalue weighted by atomic mass is 9.99. The first kappa shape index (κ1) is 19.9. The normalized spacial score (nSPS) is 19.4. The number of aliphatic hydroxyl groups is 1. The number of furan rings is 1. The molecule has 0 bridgehead atoms. The Morgan fingerprint density at radius 1 is 0.969 bits per heavy atom. The van der Waals surface area contributed by atoms with Gasteiger partial charge < -0.3 is 23.9 Å². The number of ketones is 1. The van der Waals surface area contributed by atoms with Crippen molar-refractivity contribution in [3.05, 3.63) is 89.4 Å². The summed E-state index contributed by atoms with van der Waals surface area (Å²) in [6.45, 7) is 1.15. The van der Waals surface area contributed by atoms with E-state index in [-0.39, 0.29) is 11.3 Å². The topological polar surface area (TPSA) is 89.2 Å². The maximum Gasteiger partial charge on any atom is 0.295 e. The number of rotatable bonds is 5. The van der Waals surface area contributed by atoms with E-state index in [4.69, 9.17) is 13.9 Å². The van der Waals surface area contributed by atoms with Crippen LogP contribution in [0.4, 0.5) is 0 Å². The summed E-state index contributed by atoms with van der Waals surface area (Å²) < 4.78 is 16.7. The Morgan fingerprint density at radius 2 is 1.75 bits per heavy atom. The molecule has 1 fully saturated rings. The fourth-order valence-corrected chi connectivity index (χ4v) is 4.09. The van der Waals surface area contributed by atoms with E-state index >= 15 is 0 Å². The predicted molar refractivity (Wildman–Crippen MR) is 115 cm³/mol. The number of likely N-dealkylation sites (tertiary alicyclic amines) is 1. The molecule has 2 aliphatic rings. The average Bonchev–Trinajstić information content (AvgIpc) is 3.45. The van der Waals surface area contributed by atoms with Crippen LogP contribution in [0, 0.1) is 0 Å². The largest absolute Gasteiger partial charge is 0.507 e. The van der Waals surface area contributed by atoms with Gasteiger partial charge in [0.05, 0.1) is 11.8 Å². The first-order chi connectivity index (χ1) is 15.6. The summed E-state index contributed by atoms with van der Waals surface area (Å²) in [4.78, 5) is 27.4. The van der Waals surface area contributed by atoms with Gasteiger partial charge in [0, 0.05) is 12.1 Å². The fraction of sp³-hybridized carbons (Fsp3) is 0.200. The van der Waals surface area contributed by atoms with Gasteiger partial charge in [0.1, 0.15) is 30.8 Å². The minimum atomic E-state index is -0.818. The Balaban J connectivity index is 1.54. The van der Waals surface area contributed by atoms with Gasteiger partial charge in [0.25, 0.3) is 11.7 Å². The highest BCUT2D eigenvalue weighted by Crippen LogP contribution is 2.41. The molecule has 7 heteroatoms. The molecular formula is C25H21NO6.